The highest BCUT2D eigenvalue weighted by Crippen LogP contribution is 2.27. The number of likely N-dealkylation sites (N-methyl/N-ethyl adjacent to an activating group) is 1. The van der Waals surface area contributed by atoms with Gasteiger partial charge in [-0.05, 0) is 38.1 Å². The molecule has 0 aromatic carbocycles. The van der Waals surface area contributed by atoms with Gasteiger partial charge in [-0.15, -0.1) is 0 Å². The number of aliphatic hydroxyl groups excluding tert-OH is 1. The Morgan fingerprint density at radius 2 is 2.06 bits per heavy atom. The van der Waals surface area contributed by atoms with Crippen LogP contribution in [0.15, 0.2) is 0 Å². The highest BCUT2D eigenvalue weighted by molar-refractivity contribution is 5.81. The number of nitrogens with one attached hydrogen (secondary N) is 2. The van der Waals surface area contributed by atoms with Crippen LogP contribution in [0.2, 0.25) is 0 Å². The number of amides is 1. The maximum Gasteiger partial charge on any atom is 0.250 e. The summed E-state index contributed by atoms with van der Waals surface area (Å²) in [5, 5.41) is 15.7. The van der Waals surface area contributed by atoms with E-state index in [1.807, 2.05) is 0 Å². The number of rotatable bonds is 7. The summed E-state index contributed by atoms with van der Waals surface area (Å²) >= 11 is 0. The molecule has 94 valence electrons. The van der Waals surface area contributed by atoms with Gasteiger partial charge in [-0.25, -0.2) is 0 Å². The van der Waals surface area contributed by atoms with Gasteiger partial charge in [0.1, 0.15) is 6.10 Å². The number of carbonyl (C=O) groups excluding carboxylic acids is 1. The normalized spacial score (nSPS) is 19.6. The summed E-state index contributed by atoms with van der Waals surface area (Å²) < 4.78 is 0. The molecular weight excluding hydrogens is 204 g/mol. The summed E-state index contributed by atoms with van der Waals surface area (Å²) in [6, 6.07) is -0.154. The molecule has 0 saturated heterocycles. The third-order valence-electron chi connectivity index (χ3n) is 3.01. The lowest BCUT2D eigenvalue weighted by molar-refractivity contribution is -0.131. The molecule has 1 fully saturated rings. The molecule has 1 rings (SSSR count). The smallest absolute Gasteiger partial charge is 0.250 e. The van der Waals surface area contributed by atoms with Crippen molar-refractivity contribution in [3.8, 4) is 0 Å². The first-order chi connectivity index (χ1) is 7.54. The van der Waals surface area contributed by atoms with Gasteiger partial charge in [0, 0.05) is 12.6 Å². The summed E-state index contributed by atoms with van der Waals surface area (Å²) in [5.74, 6) is 0.865. The zero-order valence-corrected chi connectivity index (χ0v) is 10.5. The highest BCUT2D eigenvalue weighted by Gasteiger charge is 2.27. The molecule has 0 aromatic rings. The predicted octanol–water partition coefficient (Wildman–Crippen LogP) is 0.508. The van der Waals surface area contributed by atoms with E-state index in [2.05, 4.69) is 24.5 Å². The molecule has 0 spiro atoms. The lowest BCUT2D eigenvalue weighted by atomic mass is 9.99. The van der Waals surface area contributed by atoms with Crippen molar-refractivity contribution >= 4 is 5.91 Å². The average Bonchev–Trinajstić information content (AvgIpc) is 3.05. The van der Waals surface area contributed by atoms with Crippen LogP contribution in [-0.2, 0) is 4.79 Å². The maximum atomic E-state index is 11.7. The van der Waals surface area contributed by atoms with Crippen molar-refractivity contribution in [2.24, 2.45) is 11.8 Å². The highest BCUT2D eigenvalue weighted by atomic mass is 16.3. The first-order valence-electron chi connectivity index (χ1n) is 6.17. The summed E-state index contributed by atoms with van der Waals surface area (Å²) in [6.45, 7) is 4.88. The Bertz CT molecular complexity index is 227. The first kappa shape index (κ1) is 13.5. The topological polar surface area (TPSA) is 61.4 Å². The van der Waals surface area contributed by atoms with E-state index in [1.165, 1.54) is 12.8 Å². The largest absolute Gasteiger partial charge is 0.382 e. The van der Waals surface area contributed by atoms with E-state index in [1.54, 1.807) is 7.05 Å². The molecular formula is C12H24N2O2. The van der Waals surface area contributed by atoms with Crippen molar-refractivity contribution in [3.63, 3.8) is 0 Å². The standard InChI is InChI=1S/C12H24N2O2/c1-8(2)6-10(13-3)11(15)12(16)14-7-9-4-5-9/h8-11,13,15H,4-7H2,1-3H3,(H,14,16). The average molecular weight is 228 g/mol. The molecule has 3 N–H and O–H groups in total. The fraction of sp³-hybridized carbons (Fsp3) is 0.917. The summed E-state index contributed by atoms with van der Waals surface area (Å²) in [5.41, 5.74) is 0. The van der Waals surface area contributed by atoms with E-state index >= 15 is 0 Å². The fourth-order valence-electron chi connectivity index (χ4n) is 1.77. The molecule has 2 atom stereocenters. The van der Waals surface area contributed by atoms with Crippen LogP contribution in [-0.4, -0.2) is 36.8 Å². The number of hydrogen-bond donors (Lipinski definition) is 3. The van der Waals surface area contributed by atoms with Crippen molar-refractivity contribution in [2.75, 3.05) is 13.6 Å². The van der Waals surface area contributed by atoms with Crippen LogP contribution in [0, 0.1) is 11.8 Å². The second-order valence-corrected chi connectivity index (χ2v) is 5.16. The molecule has 1 saturated carbocycles. The van der Waals surface area contributed by atoms with Gasteiger partial charge < -0.3 is 15.7 Å². The first-order valence-corrected chi connectivity index (χ1v) is 6.17. The Hall–Kier alpha value is -0.610. The van der Waals surface area contributed by atoms with Crippen LogP contribution in [0.3, 0.4) is 0 Å². The lowest BCUT2D eigenvalue weighted by Gasteiger charge is -2.23. The van der Waals surface area contributed by atoms with Gasteiger partial charge in [0.15, 0.2) is 0 Å². The number of carbonyl (C=O) groups is 1. The van der Waals surface area contributed by atoms with Crippen molar-refractivity contribution in [3.05, 3.63) is 0 Å². The van der Waals surface area contributed by atoms with Gasteiger partial charge in [-0.2, -0.15) is 0 Å². The molecule has 4 heteroatoms. The lowest BCUT2D eigenvalue weighted by Crippen LogP contribution is -2.48. The van der Waals surface area contributed by atoms with E-state index < -0.39 is 6.10 Å². The molecule has 0 heterocycles. The molecule has 0 bridgehead atoms. The number of hydrogen-bond acceptors (Lipinski definition) is 3. The van der Waals surface area contributed by atoms with Crippen LogP contribution >= 0.6 is 0 Å². The summed E-state index contributed by atoms with van der Waals surface area (Å²) in [6.07, 6.45) is 2.27. The molecule has 0 radical (unpaired) electrons. The molecule has 16 heavy (non-hydrogen) atoms. The van der Waals surface area contributed by atoms with Crippen LogP contribution in [0.5, 0.6) is 0 Å². The molecule has 4 nitrogen and oxygen atoms in total. The number of aliphatic hydroxyl groups is 1. The van der Waals surface area contributed by atoms with E-state index in [0.717, 1.165) is 6.42 Å². The zero-order chi connectivity index (χ0) is 12.1. The Labute approximate surface area is 97.8 Å². The van der Waals surface area contributed by atoms with E-state index in [4.69, 9.17) is 0 Å². The monoisotopic (exact) mass is 228 g/mol. The Morgan fingerprint density at radius 1 is 1.44 bits per heavy atom. The molecule has 1 aliphatic carbocycles. The van der Waals surface area contributed by atoms with Crippen molar-refractivity contribution in [2.45, 2.75) is 45.3 Å². The van der Waals surface area contributed by atoms with Gasteiger partial charge in [0.25, 0.3) is 0 Å². The molecule has 0 aromatic heterocycles. The second-order valence-electron chi connectivity index (χ2n) is 5.16. The van der Waals surface area contributed by atoms with Gasteiger partial charge in [0.2, 0.25) is 5.91 Å². The van der Waals surface area contributed by atoms with Crippen LogP contribution < -0.4 is 10.6 Å². The van der Waals surface area contributed by atoms with Crippen molar-refractivity contribution in [1.82, 2.24) is 10.6 Å². The maximum absolute atomic E-state index is 11.7. The fourth-order valence-corrected chi connectivity index (χ4v) is 1.77. The van der Waals surface area contributed by atoms with E-state index in [9.17, 15) is 9.90 Å². The summed E-state index contributed by atoms with van der Waals surface area (Å²) in [4.78, 5) is 11.7. The quantitative estimate of drug-likeness (QED) is 0.595. The van der Waals surface area contributed by atoms with E-state index in [-0.39, 0.29) is 11.9 Å². The Morgan fingerprint density at radius 3 is 2.50 bits per heavy atom. The predicted molar refractivity (Wildman–Crippen MR) is 64.0 cm³/mol. The van der Waals surface area contributed by atoms with Crippen LogP contribution in [0.4, 0.5) is 0 Å². The minimum Gasteiger partial charge on any atom is -0.382 e. The van der Waals surface area contributed by atoms with Crippen molar-refractivity contribution in [1.29, 1.82) is 0 Å². The van der Waals surface area contributed by atoms with Crippen molar-refractivity contribution < 1.29 is 9.90 Å². The van der Waals surface area contributed by atoms with Gasteiger partial charge in [-0.1, -0.05) is 13.8 Å². The Kier molecular flexibility index (Phi) is 5.22. The minimum absolute atomic E-state index is 0.154. The Balaban J connectivity index is 2.32. The third kappa shape index (κ3) is 4.49. The van der Waals surface area contributed by atoms with Gasteiger partial charge in [-0.3, -0.25) is 4.79 Å². The third-order valence-corrected chi connectivity index (χ3v) is 3.01. The molecule has 1 amide bonds. The minimum atomic E-state index is -0.939. The van der Waals surface area contributed by atoms with Crippen LogP contribution in [0.1, 0.15) is 33.1 Å². The van der Waals surface area contributed by atoms with Gasteiger partial charge >= 0.3 is 0 Å². The molecule has 1 aliphatic rings. The molecule has 0 aliphatic heterocycles. The van der Waals surface area contributed by atoms with Gasteiger partial charge in [0.05, 0.1) is 0 Å². The summed E-state index contributed by atoms with van der Waals surface area (Å²) in [7, 11) is 1.78. The van der Waals surface area contributed by atoms with E-state index in [0.29, 0.717) is 18.4 Å². The molecule has 2 unspecified atom stereocenters. The second kappa shape index (κ2) is 6.21. The zero-order valence-electron chi connectivity index (χ0n) is 10.5. The van der Waals surface area contributed by atoms with Crippen LogP contribution in [0.25, 0.3) is 0 Å². The SMILES string of the molecule is CNC(CC(C)C)C(O)C(=O)NCC1CC1.